The van der Waals surface area contributed by atoms with Crippen LogP contribution in [0.25, 0.3) is 0 Å². The van der Waals surface area contributed by atoms with Gasteiger partial charge in [-0.15, -0.1) is 0 Å². The number of nitrogens with two attached hydrogens (primary N) is 1. The van der Waals surface area contributed by atoms with Crippen LogP contribution in [-0.4, -0.2) is 60.1 Å². The highest BCUT2D eigenvalue weighted by molar-refractivity contribution is 5.82. The molecule has 128 valence electrons. The average Bonchev–Trinajstić information content (AvgIpc) is 2.83. The van der Waals surface area contributed by atoms with Crippen molar-refractivity contribution in [2.75, 3.05) is 26.7 Å². The second kappa shape index (κ2) is 7.31. The molecule has 0 unspecified atom stereocenters. The second-order valence-electron chi connectivity index (χ2n) is 7.57. The van der Waals surface area contributed by atoms with Gasteiger partial charge in [0.25, 0.3) is 0 Å². The maximum Gasteiger partial charge on any atom is 0.410 e. The molecule has 0 radical (unpaired) electrons. The first-order valence-corrected chi connectivity index (χ1v) is 7.99. The molecule has 2 amide bonds. The van der Waals surface area contributed by atoms with Gasteiger partial charge in [-0.05, 0) is 39.0 Å². The summed E-state index contributed by atoms with van der Waals surface area (Å²) < 4.78 is 5.34. The summed E-state index contributed by atoms with van der Waals surface area (Å²) >= 11 is 0. The highest BCUT2D eigenvalue weighted by Crippen LogP contribution is 2.20. The summed E-state index contributed by atoms with van der Waals surface area (Å²) in [5.74, 6) is 0.425. The van der Waals surface area contributed by atoms with Gasteiger partial charge in [0.15, 0.2) is 0 Å². The lowest BCUT2D eigenvalue weighted by molar-refractivity contribution is -0.132. The number of amides is 2. The summed E-state index contributed by atoms with van der Waals surface area (Å²) in [7, 11) is 1.73. The zero-order valence-corrected chi connectivity index (χ0v) is 14.8. The Balaban J connectivity index is 2.47. The fraction of sp³-hybridized carbons (Fsp3) is 0.875. The molecule has 6 heteroatoms. The van der Waals surface area contributed by atoms with E-state index in [1.54, 1.807) is 11.9 Å². The van der Waals surface area contributed by atoms with Gasteiger partial charge >= 0.3 is 6.09 Å². The summed E-state index contributed by atoms with van der Waals surface area (Å²) in [4.78, 5) is 27.6. The molecule has 2 N–H and O–H groups in total. The molecule has 0 spiro atoms. The van der Waals surface area contributed by atoms with Gasteiger partial charge in [-0.3, -0.25) is 4.79 Å². The maximum absolute atomic E-state index is 12.2. The van der Waals surface area contributed by atoms with Gasteiger partial charge < -0.3 is 20.3 Å². The maximum atomic E-state index is 12.2. The Kier molecular flexibility index (Phi) is 6.23. The minimum Gasteiger partial charge on any atom is -0.444 e. The first-order chi connectivity index (χ1) is 10.0. The molecule has 1 aliphatic rings. The van der Waals surface area contributed by atoms with Crippen molar-refractivity contribution in [2.24, 2.45) is 17.6 Å². The number of nitrogens with zero attached hydrogens (tertiary/aromatic N) is 2. The summed E-state index contributed by atoms with van der Waals surface area (Å²) in [5.41, 5.74) is 5.44. The number of ether oxygens (including phenoxy) is 1. The van der Waals surface area contributed by atoms with E-state index in [1.165, 1.54) is 0 Å². The average molecular weight is 313 g/mol. The molecule has 1 fully saturated rings. The molecule has 1 heterocycles. The summed E-state index contributed by atoms with van der Waals surface area (Å²) in [6, 6.07) is -0.442. The zero-order chi connectivity index (χ0) is 17.1. The number of likely N-dealkylation sites (tertiary alicyclic amines) is 1. The number of hydrogen-bond acceptors (Lipinski definition) is 4. The first-order valence-electron chi connectivity index (χ1n) is 7.99. The van der Waals surface area contributed by atoms with Crippen molar-refractivity contribution in [1.29, 1.82) is 0 Å². The Bertz CT molecular complexity index is 404. The van der Waals surface area contributed by atoms with Crippen molar-refractivity contribution < 1.29 is 14.3 Å². The van der Waals surface area contributed by atoms with Crippen LogP contribution in [0.2, 0.25) is 0 Å². The molecule has 1 saturated heterocycles. The number of hydrogen-bond donors (Lipinski definition) is 1. The van der Waals surface area contributed by atoms with E-state index in [0.717, 1.165) is 6.42 Å². The molecule has 2 atom stereocenters. The lowest BCUT2D eigenvalue weighted by Gasteiger charge is -2.27. The van der Waals surface area contributed by atoms with Crippen LogP contribution < -0.4 is 5.73 Å². The van der Waals surface area contributed by atoms with E-state index < -0.39 is 11.6 Å². The van der Waals surface area contributed by atoms with Gasteiger partial charge in [-0.2, -0.15) is 0 Å². The van der Waals surface area contributed by atoms with Crippen LogP contribution in [0.1, 0.15) is 41.0 Å². The highest BCUT2D eigenvalue weighted by atomic mass is 16.6. The summed E-state index contributed by atoms with van der Waals surface area (Å²) in [6.07, 6.45) is 0.570. The molecule has 0 saturated carbocycles. The molecule has 0 bridgehead atoms. The Hall–Kier alpha value is -1.30. The second-order valence-corrected chi connectivity index (χ2v) is 7.57. The van der Waals surface area contributed by atoms with Gasteiger partial charge in [0.05, 0.1) is 6.04 Å². The van der Waals surface area contributed by atoms with E-state index in [9.17, 15) is 9.59 Å². The normalized spacial score (nSPS) is 20.2. The largest absolute Gasteiger partial charge is 0.444 e. The number of carbonyl (C=O) groups excluding carboxylic acids is 2. The molecule has 6 nitrogen and oxygen atoms in total. The van der Waals surface area contributed by atoms with E-state index in [-0.39, 0.29) is 23.8 Å². The topological polar surface area (TPSA) is 75.9 Å². The third-order valence-electron chi connectivity index (χ3n) is 3.84. The first kappa shape index (κ1) is 18.7. The van der Waals surface area contributed by atoms with Crippen LogP contribution in [0.15, 0.2) is 0 Å². The van der Waals surface area contributed by atoms with Gasteiger partial charge in [-0.25, -0.2) is 4.79 Å². The van der Waals surface area contributed by atoms with Crippen molar-refractivity contribution in [3.05, 3.63) is 0 Å². The number of carbonyl (C=O) groups is 2. The van der Waals surface area contributed by atoms with E-state index in [2.05, 4.69) is 0 Å². The van der Waals surface area contributed by atoms with E-state index in [0.29, 0.717) is 19.6 Å². The van der Waals surface area contributed by atoms with Gasteiger partial charge in [0.1, 0.15) is 5.60 Å². The number of rotatable bonds is 4. The molecule has 0 aromatic carbocycles. The third kappa shape index (κ3) is 5.48. The molecule has 0 aromatic rings. The minimum atomic E-state index is -0.493. The Morgan fingerprint density at radius 2 is 1.95 bits per heavy atom. The quantitative estimate of drug-likeness (QED) is 0.857. The highest BCUT2D eigenvalue weighted by Gasteiger charge is 2.32. The molecule has 1 aliphatic heterocycles. The molecule has 22 heavy (non-hydrogen) atoms. The van der Waals surface area contributed by atoms with E-state index >= 15 is 0 Å². The molecule has 1 rings (SSSR count). The van der Waals surface area contributed by atoms with Crippen LogP contribution in [0, 0.1) is 11.8 Å². The minimum absolute atomic E-state index is 0.0115. The van der Waals surface area contributed by atoms with Crippen LogP contribution in [0.5, 0.6) is 0 Å². The lowest BCUT2D eigenvalue weighted by Crippen LogP contribution is -2.46. The van der Waals surface area contributed by atoms with Crippen molar-refractivity contribution in [1.82, 2.24) is 9.80 Å². The van der Waals surface area contributed by atoms with Gasteiger partial charge in [0, 0.05) is 26.7 Å². The molecule has 0 aromatic heterocycles. The smallest absolute Gasteiger partial charge is 0.410 e. The van der Waals surface area contributed by atoms with Crippen molar-refractivity contribution in [2.45, 2.75) is 52.7 Å². The molecular weight excluding hydrogens is 282 g/mol. The predicted octanol–water partition coefficient (Wildman–Crippen LogP) is 1.69. The standard InChI is InChI=1S/C16H31N3O3/c1-11(2)13(17)14(20)19-8-7-12(10-19)9-18(6)15(21)22-16(3,4)5/h11-13H,7-10,17H2,1-6H3/t12-,13+/m1/s1. The monoisotopic (exact) mass is 313 g/mol. The molecular formula is C16H31N3O3. The van der Waals surface area contributed by atoms with Crippen LogP contribution >= 0.6 is 0 Å². The summed E-state index contributed by atoms with van der Waals surface area (Å²) in [6.45, 7) is 11.4. The zero-order valence-electron chi connectivity index (χ0n) is 14.8. The van der Waals surface area contributed by atoms with Gasteiger partial charge in [0.2, 0.25) is 5.91 Å². The Labute approximate surface area is 134 Å². The molecule has 0 aliphatic carbocycles. The van der Waals surface area contributed by atoms with Crippen LogP contribution in [-0.2, 0) is 9.53 Å². The van der Waals surface area contributed by atoms with E-state index in [4.69, 9.17) is 10.5 Å². The third-order valence-corrected chi connectivity index (χ3v) is 3.84. The fourth-order valence-electron chi connectivity index (χ4n) is 2.48. The lowest BCUT2D eigenvalue weighted by atomic mass is 10.0. The van der Waals surface area contributed by atoms with Crippen LogP contribution in [0.3, 0.4) is 0 Å². The Morgan fingerprint density at radius 1 is 1.36 bits per heavy atom. The van der Waals surface area contributed by atoms with Gasteiger partial charge in [-0.1, -0.05) is 13.8 Å². The SMILES string of the molecule is CC(C)[C@H](N)C(=O)N1CC[C@H](CN(C)C(=O)OC(C)(C)C)C1. The van der Waals surface area contributed by atoms with Crippen LogP contribution in [0.4, 0.5) is 4.79 Å². The fourth-order valence-corrected chi connectivity index (χ4v) is 2.48. The summed E-state index contributed by atoms with van der Waals surface area (Å²) in [5, 5.41) is 0. The van der Waals surface area contributed by atoms with Crippen molar-refractivity contribution >= 4 is 12.0 Å². The van der Waals surface area contributed by atoms with E-state index in [1.807, 2.05) is 39.5 Å². The van der Waals surface area contributed by atoms with Crippen molar-refractivity contribution in [3.63, 3.8) is 0 Å². The van der Waals surface area contributed by atoms with Crippen molar-refractivity contribution in [3.8, 4) is 0 Å². The Morgan fingerprint density at radius 3 is 2.45 bits per heavy atom. The predicted molar refractivity (Wildman–Crippen MR) is 86.4 cm³/mol.